The number of hydrogen-bond acceptors (Lipinski definition) is 5. The van der Waals surface area contributed by atoms with Crippen LogP contribution in [0.25, 0.3) is 98.8 Å². The molecule has 0 N–H and O–H groups in total. The second-order valence-corrected chi connectivity index (χ2v) is 18.8. The van der Waals surface area contributed by atoms with Gasteiger partial charge in [-0.05, 0) is 112 Å². The molecular formula is C68H42N2O3. The van der Waals surface area contributed by atoms with Crippen LogP contribution in [0.4, 0.5) is 34.1 Å². The van der Waals surface area contributed by atoms with E-state index in [0.717, 1.165) is 144 Å². The van der Waals surface area contributed by atoms with Gasteiger partial charge in [0, 0.05) is 67.1 Å². The van der Waals surface area contributed by atoms with E-state index >= 15 is 0 Å². The van der Waals surface area contributed by atoms with Crippen molar-refractivity contribution < 1.29 is 13.6 Å². The van der Waals surface area contributed by atoms with Crippen LogP contribution in [0.2, 0.25) is 0 Å². The minimum Gasteiger partial charge on any atom is -0.456 e. The molecule has 15 rings (SSSR count). The Bertz CT molecular complexity index is 4500. The Morgan fingerprint density at radius 2 is 0.822 bits per heavy atom. The molecule has 0 fully saturated rings. The Labute approximate surface area is 420 Å². The number of anilines is 6. The third-order valence-corrected chi connectivity index (χ3v) is 14.6. The zero-order valence-electron chi connectivity index (χ0n) is 39.4. The fourth-order valence-electron chi connectivity index (χ4n) is 11.3. The molecule has 0 saturated carbocycles. The highest BCUT2D eigenvalue weighted by Crippen LogP contribution is 2.53. The highest BCUT2D eigenvalue weighted by molar-refractivity contribution is 6.19. The van der Waals surface area contributed by atoms with E-state index in [1.165, 1.54) is 0 Å². The van der Waals surface area contributed by atoms with Crippen molar-refractivity contribution in [3.8, 4) is 44.9 Å². The fraction of sp³-hybridized carbons (Fsp3) is 0. The lowest BCUT2D eigenvalue weighted by Crippen LogP contribution is -2.12. The molecule has 0 radical (unpaired) electrons. The van der Waals surface area contributed by atoms with Crippen molar-refractivity contribution in [2.75, 3.05) is 9.80 Å². The molecule has 0 unspecified atom stereocenters. The average Bonchev–Trinajstić information content (AvgIpc) is 4.04. The maximum absolute atomic E-state index is 7.09. The van der Waals surface area contributed by atoms with Crippen LogP contribution in [0.1, 0.15) is 0 Å². The van der Waals surface area contributed by atoms with Gasteiger partial charge in [-0.1, -0.05) is 164 Å². The molecule has 0 amide bonds. The zero-order chi connectivity index (χ0) is 48.0. The van der Waals surface area contributed by atoms with Gasteiger partial charge in [0.2, 0.25) is 0 Å². The topological polar surface area (TPSA) is 42.0 Å². The van der Waals surface area contributed by atoms with Gasteiger partial charge in [-0.3, -0.25) is 0 Å². The molecule has 5 nitrogen and oxygen atoms in total. The lowest BCUT2D eigenvalue weighted by molar-refractivity contribution is 0.487. The molecule has 0 aliphatic carbocycles. The smallest absolute Gasteiger partial charge is 0.159 e. The quantitative estimate of drug-likeness (QED) is 0.142. The van der Waals surface area contributed by atoms with Gasteiger partial charge in [-0.2, -0.15) is 0 Å². The highest BCUT2D eigenvalue weighted by Gasteiger charge is 2.27. The Hall–Kier alpha value is -9.84. The number of para-hydroxylation sites is 5. The van der Waals surface area contributed by atoms with E-state index in [2.05, 4.69) is 240 Å². The molecule has 2 aromatic heterocycles. The predicted molar refractivity (Wildman–Crippen MR) is 302 cm³/mol. The first-order valence-corrected chi connectivity index (χ1v) is 24.7. The summed E-state index contributed by atoms with van der Waals surface area (Å²) in [5.74, 6) is 1.61. The predicted octanol–water partition coefficient (Wildman–Crippen LogP) is 19.8. The number of furan rings is 2. The first-order valence-electron chi connectivity index (χ1n) is 24.7. The Morgan fingerprint density at radius 1 is 0.274 bits per heavy atom. The van der Waals surface area contributed by atoms with Gasteiger partial charge in [0.05, 0.1) is 22.7 Å². The van der Waals surface area contributed by atoms with Gasteiger partial charge in [-0.15, -0.1) is 0 Å². The lowest BCUT2D eigenvalue weighted by Gasteiger charge is -2.30. The van der Waals surface area contributed by atoms with Crippen molar-refractivity contribution in [3.05, 3.63) is 255 Å². The third kappa shape index (κ3) is 6.56. The number of rotatable bonds is 8. The molecule has 0 spiro atoms. The van der Waals surface area contributed by atoms with Crippen molar-refractivity contribution in [3.63, 3.8) is 0 Å². The molecule has 1 aliphatic heterocycles. The third-order valence-electron chi connectivity index (χ3n) is 14.6. The van der Waals surface area contributed by atoms with Gasteiger partial charge >= 0.3 is 0 Å². The molecule has 14 aromatic rings. The van der Waals surface area contributed by atoms with E-state index in [9.17, 15) is 0 Å². The SMILES string of the molecule is c1ccc(-c2ccccc2N(c2ccc3c(c2)oc2ccccc23)c2ccc3cc4c5c(cccc5c3c2)Oc2cc(N(c3ccccc3-c3ccccc3)c3cccc5c3oc3ccccc35)ccc2-4)cc1. The molecule has 12 aromatic carbocycles. The normalized spacial score (nSPS) is 11.9. The van der Waals surface area contributed by atoms with Crippen molar-refractivity contribution in [1.82, 2.24) is 0 Å². The van der Waals surface area contributed by atoms with Crippen LogP contribution in [0.3, 0.4) is 0 Å². The summed E-state index contributed by atoms with van der Waals surface area (Å²) in [6.07, 6.45) is 0. The first kappa shape index (κ1) is 41.0. The highest BCUT2D eigenvalue weighted by atomic mass is 16.5. The largest absolute Gasteiger partial charge is 0.456 e. The summed E-state index contributed by atoms with van der Waals surface area (Å²) in [7, 11) is 0. The van der Waals surface area contributed by atoms with Crippen LogP contribution < -0.4 is 14.5 Å². The van der Waals surface area contributed by atoms with Crippen LogP contribution in [0, 0.1) is 0 Å². The number of hydrogen-bond donors (Lipinski definition) is 0. The monoisotopic (exact) mass is 934 g/mol. The van der Waals surface area contributed by atoms with Crippen LogP contribution in [0.15, 0.2) is 264 Å². The van der Waals surface area contributed by atoms with Gasteiger partial charge < -0.3 is 23.4 Å². The minimum absolute atomic E-state index is 0.789. The second-order valence-electron chi connectivity index (χ2n) is 18.8. The fourth-order valence-corrected chi connectivity index (χ4v) is 11.3. The molecular weight excluding hydrogens is 893 g/mol. The van der Waals surface area contributed by atoms with Crippen LogP contribution >= 0.6 is 0 Å². The van der Waals surface area contributed by atoms with Crippen LogP contribution in [0.5, 0.6) is 11.5 Å². The number of ether oxygens (including phenoxy) is 1. The van der Waals surface area contributed by atoms with E-state index in [-0.39, 0.29) is 0 Å². The summed E-state index contributed by atoms with van der Waals surface area (Å²) >= 11 is 0. The molecule has 73 heavy (non-hydrogen) atoms. The summed E-state index contributed by atoms with van der Waals surface area (Å²) in [4.78, 5) is 4.69. The average molecular weight is 935 g/mol. The first-order chi connectivity index (χ1) is 36.2. The number of fused-ring (bicyclic) bond motifs is 10. The van der Waals surface area contributed by atoms with Crippen molar-refractivity contribution >= 4 is 99.5 Å². The van der Waals surface area contributed by atoms with E-state index in [1.807, 2.05) is 24.3 Å². The molecule has 342 valence electrons. The second kappa shape index (κ2) is 16.4. The van der Waals surface area contributed by atoms with Gasteiger partial charge in [0.15, 0.2) is 5.58 Å². The molecule has 1 aliphatic rings. The summed E-state index contributed by atoms with van der Waals surface area (Å²) in [6.45, 7) is 0. The lowest BCUT2D eigenvalue weighted by atomic mass is 9.90. The Kier molecular flexibility index (Phi) is 9.19. The van der Waals surface area contributed by atoms with Crippen molar-refractivity contribution in [1.29, 1.82) is 0 Å². The number of nitrogens with zero attached hydrogens (tertiary/aromatic N) is 2. The molecule has 0 saturated heterocycles. The summed E-state index contributed by atoms with van der Waals surface area (Å²) in [5, 5.41) is 8.84. The summed E-state index contributed by atoms with van der Waals surface area (Å²) < 4.78 is 20.3. The van der Waals surface area contributed by atoms with E-state index in [4.69, 9.17) is 13.6 Å². The van der Waals surface area contributed by atoms with Crippen molar-refractivity contribution in [2.45, 2.75) is 0 Å². The standard InChI is InChI=1S/C68H42N2O3/c1-3-17-43(18-4-1)49-21-7-11-27-59(49)69(47-35-37-53-51-23-9-13-30-62(51)71-65(53)41-47)46-34-33-45-39-58-54-38-36-48(42-66(54)72-64-32-16-25-55(67(58)64)57(45)40-46)70(60-28-12-8-22-50(60)44-19-5-2-6-20-44)61-29-15-26-56-52-24-10-14-31-63(52)73-68(56)61/h1-42H. The minimum atomic E-state index is 0.789. The van der Waals surface area contributed by atoms with Gasteiger partial charge in [-0.25, -0.2) is 0 Å². The van der Waals surface area contributed by atoms with Crippen LogP contribution in [-0.4, -0.2) is 0 Å². The molecule has 3 heterocycles. The summed E-state index contributed by atoms with van der Waals surface area (Å²) in [5.41, 5.74) is 16.1. The zero-order valence-corrected chi connectivity index (χ0v) is 39.4. The Morgan fingerprint density at radius 3 is 1.59 bits per heavy atom. The molecule has 0 atom stereocenters. The van der Waals surface area contributed by atoms with E-state index < -0.39 is 0 Å². The van der Waals surface area contributed by atoms with E-state index in [0.29, 0.717) is 0 Å². The maximum atomic E-state index is 7.09. The molecule has 5 heteroatoms. The summed E-state index contributed by atoms with van der Waals surface area (Å²) in [6, 6.07) is 90.3. The maximum Gasteiger partial charge on any atom is 0.159 e. The van der Waals surface area contributed by atoms with Gasteiger partial charge in [0.25, 0.3) is 0 Å². The van der Waals surface area contributed by atoms with Crippen LogP contribution in [-0.2, 0) is 0 Å². The number of benzene rings is 12. The van der Waals surface area contributed by atoms with Crippen molar-refractivity contribution in [2.24, 2.45) is 0 Å². The van der Waals surface area contributed by atoms with E-state index in [1.54, 1.807) is 0 Å². The Balaban J connectivity index is 0.898. The van der Waals surface area contributed by atoms with Gasteiger partial charge in [0.1, 0.15) is 28.2 Å². The molecule has 0 bridgehead atoms.